The molecule has 0 bridgehead atoms. The van der Waals surface area contributed by atoms with Crippen molar-refractivity contribution in [3.8, 4) is 0 Å². The number of amides is 1. The molecule has 0 aromatic heterocycles. The molecule has 1 amide bonds. The van der Waals surface area contributed by atoms with Crippen molar-refractivity contribution in [1.82, 2.24) is 4.90 Å². The van der Waals surface area contributed by atoms with E-state index in [1.807, 2.05) is 4.90 Å². The Balaban J connectivity index is 1.71. The Hall–Kier alpha value is -2.50. The molecule has 2 fully saturated rings. The molecule has 2 N–H and O–H groups in total. The molecule has 2 aliphatic carbocycles. The van der Waals surface area contributed by atoms with Gasteiger partial charge >= 0.3 is 0 Å². The van der Waals surface area contributed by atoms with E-state index in [1.54, 1.807) is 6.08 Å². The minimum atomic E-state index is -0.652. The number of carbonyl (C=O) groups excluding carboxylic acids is 2. The molecule has 0 spiro atoms. The fraction of sp³-hybridized carbons (Fsp3) is 0.588. The van der Waals surface area contributed by atoms with Gasteiger partial charge in [-0.2, -0.15) is 0 Å². The first-order chi connectivity index (χ1) is 18.5. The van der Waals surface area contributed by atoms with Crippen molar-refractivity contribution in [3.05, 3.63) is 72.4 Å². The number of carbonyl (C=O) groups is 2. The predicted molar refractivity (Wildman–Crippen MR) is 158 cm³/mol. The van der Waals surface area contributed by atoms with Crippen molar-refractivity contribution in [2.24, 2.45) is 5.41 Å². The maximum Gasteiger partial charge on any atom is 0.249 e. The van der Waals surface area contributed by atoms with Crippen molar-refractivity contribution in [3.63, 3.8) is 0 Å². The van der Waals surface area contributed by atoms with Gasteiger partial charge in [-0.1, -0.05) is 55.5 Å². The summed E-state index contributed by atoms with van der Waals surface area (Å²) in [6.45, 7) is 13.6. The van der Waals surface area contributed by atoms with E-state index in [4.69, 9.17) is 5.11 Å². The van der Waals surface area contributed by atoms with Crippen LogP contribution in [0, 0.1) is 5.41 Å². The van der Waals surface area contributed by atoms with E-state index >= 15 is 0 Å². The predicted octanol–water partition coefficient (Wildman–Crippen LogP) is 6.45. The lowest BCUT2D eigenvalue weighted by Crippen LogP contribution is -2.45. The normalized spacial score (nSPS) is 24.2. The molecule has 214 valence electrons. The average molecular weight is 536 g/mol. The second kappa shape index (κ2) is 13.7. The maximum atomic E-state index is 13.6. The van der Waals surface area contributed by atoms with Crippen LogP contribution in [0.3, 0.4) is 0 Å². The standard InChI is InChI=1S/C34H49NO4/c1-27(2)25-33(29-11-6-5-7-12-29)21-19-32(4,20-22-33)26-35(23-15-30(37)13-8-9-24-36)31(38)28(3)14-18-34(39)16-10-17-34/h5-8,11-13,36,39H,1,3,9-10,14-26H2,2,4H3/b13-8+. The van der Waals surface area contributed by atoms with E-state index < -0.39 is 5.60 Å². The van der Waals surface area contributed by atoms with Crippen molar-refractivity contribution < 1.29 is 19.8 Å². The van der Waals surface area contributed by atoms with Gasteiger partial charge in [0.15, 0.2) is 5.78 Å². The average Bonchev–Trinajstić information content (AvgIpc) is 2.90. The zero-order valence-corrected chi connectivity index (χ0v) is 24.2. The Kier molecular flexibility index (Phi) is 10.9. The largest absolute Gasteiger partial charge is 0.396 e. The highest BCUT2D eigenvalue weighted by atomic mass is 16.3. The molecule has 2 aliphatic rings. The molecule has 0 radical (unpaired) electrons. The maximum absolute atomic E-state index is 13.6. The topological polar surface area (TPSA) is 77.8 Å². The second-order valence-electron chi connectivity index (χ2n) is 12.6. The Morgan fingerprint density at radius 3 is 2.26 bits per heavy atom. The zero-order chi connectivity index (χ0) is 28.5. The van der Waals surface area contributed by atoms with Crippen LogP contribution in [0.5, 0.6) is 0 Å². The first kappa shape index (κ1) is 31.0. The number of ketones is 1. The van der Waals surface area contributed by atoms with Gasteiger partial charge in [0.1, 0.15) is 0 Å². The van der Waals surface area contributed by atoms with E-state index in [0.717, 1.165) is 51.4 Å². The van der Waals surface area contributed by atoms with E-state index in [-0.39, 0.29) is 35.5 Å². The number of allylic oxidation sites excluding steroid dienone is 2. The zero-order valence-electron chi connectivity index (χ0n) is 24.2. The van der Waals surface area contributed by atoms with Gasteiger partial charge in [0.05, 0.1) is 5.60 Å². The van der Waals surface area contributed by atoms with Gasteiger partial charge in [-0.05, 0) is 100 Å². The first-order valence-corrected chi connectivity index (χ1v) is 14.7. The fourth-order valence-corrected chi connectivity index (χ4v) is 6.31. The highest BCUT2D eigenvalue weighted by Crippen LogP contribution is 2.50. The van der Waals surface area contributed by atoms with E-state index in [0.29, 0.717) is 37.9 Å². The Morgan fingerprint density at radius 1 is 1.03 bits per heavy atom. The van der Waals surface area contributed by atoms with Crippen LogP contribution in [0.4, 0.5) is 0 Å². The molecular weight excluding hydrogens is 486 g/mol. The van der Waals surface area contributed by atoms with Crippen LogP contribution in [-0.2, 0) is 15.0 Å². The van der Waals surface area contributed by atoms with E-state index in [9.17, 15) is 14.7 Å². The lowest BCUT2D eigenvalue weighted by atomic mass is 9.59. The van der Waals surface area contributed by atoms with Gasteiger partial charge in [-0.25, -0.2) is 0 Å². The molecule has 5 heteroatoms. The number of nitrogens with zero attached hydrogens (tertiary/aromatic N) is 1. The molecule has 0 heterocycles. The van der Waals surface area contributed by atoms with Crippen LogP contribution < -0.4 is 0 Å². The summed E-state index contributed by atoms with van der Waals surface area (Å²) < 4.78 is 0. The van der Waals surface area contributed by atoms with Gasteiger partial charge in [-0.3, -0.25) is 9.59 Å². The third kappa shape index (κ3) is 8.74. The molecule has 1 aromatic rings. The number of hydrogen-bond acceptors (Lipinski definition) is 4. The lowest BCUT2D eigenvalue weighted by molar-refractivity contribution is -0.130. The van der Waals surface area contributed by atoms with Crippen LogP contribution in [0.2, 0.25) is 0 Å². The number of aliphatic hydroxyl groups is 2. The Morgan fingerprint density at radius 2 is 1.69 bits per heavy atom. The summed E-state index contributed by atoms with van der Waals surface area (Å²) in [4.78, 5) is 27.9. The summed E-state index contributed by atoms with van der Waals surface area (Å²) in [7, 11) is 0. The smallest absolute Gasteiger partial charge is 0.249 e. The van der Waals surface area contributed by atoms with Gasteiger partial charge in [0.25, 0.3) is 0 Å². The van der Waals surface area contributed by atoms with Gasteiger partial charge in [-0.15, -0.1) is 6.58 Å². The van der Waals surface area contributed by atoms with Crippen LogP contribution in [0.1, 0.15) is 96.5 Å². The molecule has 39 heavy (non-hydrogen) atoms. The molecule has 0 saturated heterocycles. The number of benzene rings is 1. The molecule has 0 unspecified atom stereocenters. The number of aliphatic hydroxyl groups excluding tert-OH is 1. The summed E-state index contributed by atoms with van der Waals surface area (Å²) in [5.41, 5.74) is 2.42. The summed E-state index contributed by atoms with van der Waals surface area (Å²) in [6, 6.07) is 10.8. The summed E-state index contributed by atoms with van der Waals surface area (Å²) in [5.74, 6) is -0.151. The van der Waals surface area contributed by atoms with Crippen molar-refractivity contribution in [2.45, 2.75) is 102 Å². The van der Waals surface area contributed by atoms with Crippen LogP contribution in [-0.4, -0.2) is 52.1 Å². The van der Waals surface area contributed by atoms with Crippen molar-refractivity contribution in [2.75, 3.05) is 19.7 Å². The minimum Gasteiger partial charge on any atom is -0.396 e. The Labute approximate surface area is 235 Å². The molecule has 2 saturated carbocycles. The van der Waals surface area contributed by atoms with E-state index in [2.05, 4.69) is 57.3 Å². The van der Waals surface area contributed by atoms with Gasteiger partial charge in [0, 0.05) is 31.7 Å². The lowest BCUT2D eigenvalue weighted by Gasteiger charge is -2.47. The summed E-state index contributed by atoms with van der Waals surface area (Å²) in [6.07, 6.45) is 12.5. The van der Waals surface area contributed by atoms with Gasteiger partial charge in [0.2, 0.25) is 5.91 Å². The van der Waals surface area contributed by atoms with Gasteiger partial charge < -0.3 is 15.1 Å². The van der Waals surface area contributed by atoms with Crippen LogP contribution in [0.25, 0.3) is 0 Å². The summed E-state index contributed by atoms with van der Waals surface area (Å²) >= 11 is 0. The number of rotatable bonds is 15. The van der Waals surface area contributed by atoms with Crippen molar-refractivity contribution >= 4 is 11.7 Å². The SMILES string of the molecule is C=C(C)CC1(c2ccccc2)CCC(C)(CN(CCC(=O)/C=C/CCO)C(=O)C(=C)CCC2(O)CCC2)CC1. The molecule has 3 rings (SSSR count). The molecule has 5 nitrogen and oxygen atoms in total. The Bertz CT molecular complexity index is 1030. The number of hydrogen-bond donors (Lipinski definition) is 2. The van der Waals surface area contributed by atoms with Crippen molar-refractivity contribution in [1.29, 1.82) is 0 Å². The van der Waals surface area contributed by atoms with E-state index in [1.165, 1.54) is 17.2 Å². The summed E-state index contributed by atoms with van der Waals surface area (Å²) in [5, 5.41) is 19.5. The third-order valence-electron chi connectivity index (χ3n) is 9.01. The second-order valence-corrected chi connectivity index (χ2v) is 12.6. The first-order valence-electron chi connectivity index (χ1n) is 14.7. The fourth-order valence-electron chi connectivity index (χ4n) is 6.31. The molecule has 0 atom stereocenters. The highest BCUT2D eigenvalue weighted by molar-refractivity contribution is 5.94. The molecular formula is C34H49NO4. The monoisotopic (exact) mass is 535 g/mol. The minimum absolute atomic E-state index is 0.00870. The molecule has 1 aromatic carbocycles. The third-order valence-corrected chi connectivity index (χ3v) is 9.01. The van der Waals surface area contributed by atoms with Crippen LogP contribution >= 0.6 is 0 Å². The van der Waals surface area contributed by atoms with Crippen LogP contribution in [0.15, 0.2) is 66.8 Å². The molecule has 0 aliphatic heterocycles. The highest BCUT2D eigenvalue weighted by Gasteiger charge is 2.43. The quantitative estimate of drug-likeness (QED) is 0.200.